The van der Waals surface area contributed by atoms with Gasteiger partial charge in [-0.3, -0.25) is 4.98 Å². The van der Waals surface area contributed by atoms with Crippen molar-refractivity contribution in [2.45, 2.75) is 33.1 Å². The summed E-state index contributed by atoms with van der Waals surface area (Å²) < 4.78 is 36.2. The molecule has 0 spiro atoms. The van der Waals surface area contributed by atoms with Gasteiger partial charge in [-0.25, -0.2) is 8.78 Å². The molecular formula is C27H28F2N4O3. The van der Waals surface area contributed by atoms with Gasteiger partial charge in [0.15, 0.2) is 5.82 Å². The Bertz CT molecular complexity index is 1480. The van der Waals surface area contributed by atoms with E-state index in [1.807, 2.05) is 18.7 Å². The van der Waals surface area contributed by atoms with Crippen molar-refractivity contribution in [3.63, 3.8) is 0 Å². The van der Waals surface area contributed by atoms with E-state index in [0.717, 1.165) is 12.8 Å². The van der Waals surface area contributed by atoms with E-state index >= 15 is 4.39 Å². The average molecular weight is 495 g/mol. The van der Waals surface area contributed by atoms with E-state index in [4.69, 9.17) is 4.74 Å². The second-order valence-electron chi connectivity index (χ2n) is 9.68. The number of hydrogen-bond acceptors (Lipinski definition) is 7. The Morgan fingerprint density at radius 3 is 2.72 bits per heavy atom. The van der Waals surface area contributed by atoms with Crippen molar-refractivity contribution >= 4 is 27.5 Å². The van der Waals surface area contributed by atoms with Gasteiger partial charge in [-0.2, -0.15) is 9.97 Å². The Hall–Kier alpha value is -3.59. The van der Waals surface area contributed by atoms with Crippen LogP contribution in [0.5, 0.6) is 11.8 Å². The van der Waals surface area contributed by atoms with Crippen molar-refractivity contribution in [1.82, 2.24) is 15.0 Å². The lowest BCUT2D eigenvalue weighted by atomic mass is 9.83. The zero-order valence-corrected chi connectivity index (χ0v) is 20.5. The first kappa shape index (κ1) is 24.1. The minimum Gasteiger partial charge on any atom is -0.508 e. The normalized spacial score (nSPS) is 18.2. The van der Waals surface area contributed by atoms with E-state index in [1.165, 1.54) is 31.5 Å². The number of nitrogens with zero attached hydrogens (tertiary/aromatic N) is 4. The molecule has 1 unspecified atom stereocenters. The van der Waals surface area contributed by atoms with Crippen LogP contribution in [0.1, 0.15) is 32.3 Å². The van der Waals surface area contributed by atoms with E-state index < -0.39 is 11.6 Å². The number of aliphatic hydroxyl groups is 1. The first-order chi connectivity index (χ1) is 17.3. The van der Waals surface area contributed by atoms with Gasteiger partial charge in [0.05, 0.1) is 19.1 Å². The summed E-state index contributed by atoms with van der Waals surface area (Å²) in [7, 11) is 1.41. The predicted octanol–water partition coefficient (Wildman–Crippen LogP) is 5.00. The van der Waals surface area contributed by atoms with Crippen LogP contribution in [0.25, 0.3) is 32.9 Å². The number of fused-ring (bicyclic) bond motifs is 2. The number of aliphatic hydroxyl groups excluding tert-OH is 1. The molecule has 5 rings (SSSR count). The molecule has 1 saturated heterocycles. The lowest BCUT2D eigenvalue weighted by Gasteiger charge is -2.40. The van der Waals surface area contributed by atoms with Gasteiger partial charge >= 0.3 is 6.01 Å². The summed E-state index contributed by atoms with van der Waals surface area (Å²) >= 11 is 0. The van der Waals surface area contributed by atoms with Gasteiger partial charge in [0.1, 0.15) is 28.6 Å². The van der Waals surface area contributed by atoms with E-state index in [1.54, 1.807) is 6.07 Å². The summed E-state index contributed by atoms with van der Waals surface area (Å²) in [5, 5.41) is 21.8. The highest BCUT2D eigenvalue weighted by molar-refractivity contribution is 6.01. The molecule has 0 saturated carbocycles. The van der Waals surface area contributed by atoms with Crippen molar-refractivity contribution in [2.24, 2.45) is 5.41 Å². The van der Waals surface area contributed by atoms with Gasteiger partial charge < -0.3 is 19.8 Å². The van der Waals surface area contributed by atoms with Crippen molar-refractivity contribution < 1.29 is 23.7 Å². The first-order valence-corrected chi connectivity index (χ1v) is 12.0. The molecule has 0 aliphatic carbocycles. The maximum absolute atomic E-state index is 16.2. The fourth-order valence-electron chi connectivity index (χ4n) is 5.20. The number of phenolic OH excluding ortho intramolecular Hbond substituents is 1. The summed E-state index contributed by atoms with van der Waals surface area (Å²) in [5.41, 5.74) is 0.362. The number of methoxy groups -OCH3 is 1. The monoisotopic (exact) mass is 494 g/mol. The fourth-order valence-corrected chi connectivity index (χ4v) is 5.20. The zero-order valence-electron chi connectivity index (χ0n) is 20.5. The number of halogens is 2. The Balaban J connectivity index is 1.75. The van der Waals surface area contributed by atoms with E-state index in [-0.39, 0.29) is 40.6 Å². The number of ether oxygens (including phenoxy) is 1. The topological polar surface area (TPSA) is 91.6 Å². The second-order valence-corrected chi connectivity index (χ2v) is 9.68. The van der Waals surface area contributed by atoms with Crippen LogP contribution in [0.2, 0.25) is 0 Å². The Morgan fingerprint density at radius 1 is 1.19 bits per heavy atom. The maximum atomic E-state index is 16.2. The Kier molecular flexibility index (Phi) is 6.12. The number of phenols is 1. The summed E-state index contributed by atoms with van der Waals surface area (Å²) in [4.78, 5) is 15.2. The molecule has 7 nitrogen and oxygen atoms in total. The summed E-state index contributed by atoms with van der Waals surface area (Å²) in [6.45, 7) is 5.08. The van der Waals surface area contributed by atoms with Crippen molar-refractivity contribution in [1.29, 1.82) is 0 Å². The fraction of sp³-hybridized carbons (Fsp3) is 0.370. The quantitative estimate of drug-likeness (QED) is 0.404. The SMILES string of the molecule is CCc1c(F)ccc2cc(O)cc(-c3ncc4c(N5CCCC(C)(CO)C5)nc(OC)nc4c3F)c12. The number of benzene rings is 2. The molecule has 36 heavy (non-hydrogen) atoms. The van der Waals surface area contributed by atoms with Crippen molar-refractivity contribution in [3.8, 4) is 23.0 Å². The highest BCUT2D eigenvalue weighted by atomic mass is 19.1. The smallest absolute Gasteiger partial charge is 0.318 e. The number of aryl methyl sites for hydroxylation is 1. The number of rotatable bonds is 5. The van der Waals surface area contributed by atoms with Gasteiger partial charge in [0.25, 0.3) is 0 Å². The molecule has 3 heterocycles. The summed E-state index contributed by atoms with van der Waals surface area (Å²) in [6, 6.07) is 5.83. The molecule has 2 aromatic carbocycles. The summed E-state index contributed by atoms with van der Waals surface area (Å²) in [6.07, 6.45) is 3.61. The molecule has 4 aromatic rings. The molecule has 188 valence electrons. The van der Waals surface area contributed by atoms with Crippen LogP contribution >= 0.6 is 0 Å². The molecule has 0 bridgehead atoms. The summed E-state index contributed by atoms with van der Waals surface area (Å²) in [5.74, 6) is -0.712. The van der Waals surface area contributed by atoms with Gasteiger partial charge in [-0.1, -0.05) is 19.9 Å². The van der Waals surface area contributed by atoms with E-state index in [0.29, 0.717) is 47.1 Å². The highest BCUT2D eigenvalue weighted by Crippen LogP contribution is 2.40. The molecule has 1 aliphatic heterocycles. The number of aromatic hydroxyl groups is 1. The number of aromatic nitrogens is 3. The number of hydrogen-bond donors (Lipinski definition) is 2. The molecule has 0 amide bonds. The van der Waals surface area contributed by atoms with Crippen LogP contribution in [0.4, 0.5) is 14.6 Å². The van der Waals surface area contributed by atoms with Crippen molar-refractivity contribution in [3.05, 3.63) is 47.7 Å². The molecule has 9 heteroatoms. The molecular weight excluding hydrogens is 466 g/mol. The van der Waals surface area contributed by atoms with Crippen LogP contribution in [-0.2, 0) is 6.42 Å². The third kappa shape index (κ3) is 3.97. The average Bonchev–Trinajstić information content (AvgIpc) is 2.88. The number of pyridine rings is 1. The molecule has 1 aliphatic rings. The number of anilines is 1. The van der Waals surface area contributed by atoms with Crippen LogP contribution in [0.3, 0.4) is 0 Å². The number of piperidine rings is 1. The highest BCUT2D eigenvalue weighted by Gasteiger charge is 2.32. The third-order valence-electron chi connectivity index (χ3n) is 7.05. The van der Waals surface area contributed by atoms with Crippen LogP contribution < -0.4 is 9.64 Å². The molecule has 1 atom stereocenters. The molecule has 2 aromatic heterocycles. The van der Waals surface area contributed by atoms with E-state index in [9.17, 15) is 14.6 Å². The Labute approximate surface area is 207 Å². The van der Waals surface area contributed by atoms with Gasteiger partial charge in [0, 0.05) is 30.3 Å². The Morgan fingerprint density at radius 2 is 2.00 bits per heavy atom. The van der Waals surface area contributed by atoms with Crippen LogP contribution in [0.15, 0.2) is 30.5 Å². The third-order valence-corrected chi connectivity index (χ3v) is 7.05. The van der Waals surface area contributed by atoms with Crippen LogP contribution in [-0.4, -0.2) is 52.0 Å². The van der Waals surface area contributed by atoms with Gasteiger partial charge in [0.2, 0.25) is 0 Å². The van der Waals surface area contributed by atoms with E-state index in [2.05, 4.69) is 15.0 Å². The standard InChI is InChI=1S/C27H28F2N4O3/c1-4-17-20(28)7-6-15-10-16(35)11-18(21(15)17)23-22(29)24-19(12-30-23)25(32-26(31-24)36-3)33-9-5-8-27(2,13-33)14-34/h6-7,10-12,34-35H,4-5,8-9,13-14H2,1-3H3. The molecule has 2 N–H and O–H groups in total. The molecule has 1 fully saturated rings. The van der Waals surface area contributed by atoms with Crippen molar-refractivity contribution in [2.75, 3.05) is 31.7 Å². The second kappa shape index (κ2) is 9.13. The van der Waals surface area contributed by atoms with Gasteiger partial charge in [-0.05, 0) is 53.8 Å². The van der Waals surface area contributed by atoms with Gasteiger partial charge in [-0.15, -0.1) is 0 Å². The minimum absolute atomic E-state index is 0.00545. The largest absolute Gasteiger partial charge is 0.508 e. The predicted molar refractivity (Wildman–Crippen MR) is 134 cm³/mol. The minimum atomic E-state index is -0.713. The zero-order chi connectivity index (χ0) is 25.6. The molecule has 0 radical (unpaired) electrons. The lowest BCUT2D eigenvalue weighted by Crippen LogP contribution is -2.44. The first-order valence-electron chi connectivity index (χ1n) is 12.0. The maximum Gasteiger partial charge on any atom is 0.318 e. The lowest BCUT2D eigenvalue weighted by molar-refractivity contribution is 0.123. The van der Waals surface area contributed by atoms with Crippen LogP contribution in [0, 0.1) is 17.0 Å².